The van der Waals surface area contributed by atoms with E-state index in [-0.39, 0.29) is 0 Å². The molecular formula is C13H15NOS. The van der Waals surface area contributed by atoms with Crippen molar-refractivity contribution in [2.24, 2.45) is 0 Å². The summed E-state index contributed by atoms with van der Waals surface area (Å²) in [6.45, 7) is 2.95. The molecular weight excluding hydrogens is 218 g/mol. The van der Waals surface area contributed by atoms with E-state index in [1.807, 2.05) is 12.1 Å². The number of benzene rings is 1. The maximum atomic E-state index is 9.01. The summed E-state index contributed by atoms with van der Waals surface area (Å²) in [6.07, 6.45) is 2.70. The van der Waals surface area contributed by atoms with Gasteiger partial charge in [-0.2, -0.15) is 5.26 Å². The molecule has 2 nitrogen and oxygen atoms in total. The molecule has 16 heavy (non-hydrogen) atoms. The Hall–Kier alpha value is -0.980. The number of nitriles is 1. The van der Waals surface area contributed by atoms with E-state index in [0.717, 1.165) is 29.2 Å². The number of aryl methyl sites for hydroxylation is 1. The largest absolute Gasteiger partial charge is 0.377 e. The highest BCUT2D eigenvalue weighted by Gasteiger charge is 2.16. The van der Waals surface area contributed by atoms with E-state index in [2.05, 4.69) is 19.1 Å². The fraction of sp³-hybridized carbons (Fsp3) is 0.462. The molecule has 3 heteroatoms. The second kappa shape index (κ2) is 5.38. The first-order valence-corrected chi connectivity index (χ1v) is 6.53. The Morgan fingerprint density at radius 2 is 2.44 bits per heavy atom. The van der Waals surface area contributed by atoms with Crippen molar-refractivity contribution in [3.05, 3.63) is 29.3 Å². The van der Waals surface area contributed by atoms with E-state index in [4.69, 9.17) is 10.00 Å². The number of ether oxygens (including phenoxy) is 1. The summed E-state index contributed by atoms with van der Waals surface area (Å²) in [5.74, 6) is 0.956. The van der Waals surface area contributed by atoms with E-state index >= 15 is 0 Å². The van der Waals surface area contributed by atoms with Gasteiger partial charge >= 0.3 is 0 Å². The summed E-state index contributed by atoms with van der Waals surface area (Å²) in [4.78, 5) is 1.08. The molecule has 1 unspecified atom stereocenters. The Bertz CT molecular complexity index is 405. The van der Waals surface area contributed by atoms with E-state index < -0.39 is 0 Å². The van der Waals surface area contributed by atoms with Gasteiger partial charge in [0.05, 0.1) is 11.7 Å². The molecule has 2 rings (SSSR count). The van der Waals surface area contributed by atoms with Gasteiger partial charge in [0.15, 0.2) is 0 Å². The van der Waals surface area contributed by atoms with Gasteiger partial charge in [0.1, 0.15) is 6.07 Å². The average Bonchev–Trinajstić information content (AvgIpc) is 2.79. The van der Waals surface area contributed by atoms with Gasteiger partial charge in [0.25, 0.3) is 0 Å². The summed E-state index contributed by atoms with van der Waals surface area (Å²) in [7, 11) is 0. The zero-order chi connectivity index (χ0) is 11.4. The highest BCUT2D eigenvalue weighted by atomic mass is 32.2. The zero-order valence-corrected chi connectivity index (χ0v) is 10.2. The molecule has 0 saturated carbocycles. The van der Waals surface area contributed by atoms with Crippen molar-refractivity contribution in [2.75, 3.05) is 12.4 Å². The van der Waals surface area contributed by atoms with Crippen LogP contribution in [0.5, 0.6) is 0 Å². The average molecular weight is 233 g/mol. The van der Waals surface area contributed by atoms with Crippen LogP contribution in [0, 0.1) is 18.3 Å². The third-order valence-electron chi connectivity index (χ3n) is 2.71. The molecule has 0 aliphatic carbocycles. The lowest BCUT2D eigenvalue weighted by molar-refractivity contribution is 0.129. The fourth-order valence-electron chi connectivity index (χ4n) is 1.80. The number of nitrogens with zero attached hydrogens (tertiary/aromatic N) is 1. The number of rotatable bonds is 3. The first-order chi connectivity index (χ1) is 7.79. The maximum Gasteiger partial charge on any atom is 0.100 e. The van der Waals surface area contributed by atoms with Crippen LogP contribution in [0.2, 0.25) is 0 Å². The van der Waals surface area contributed by atoms with Crippen molar-refractivity contribution in [2.45, 2.75) is 30.8 Å². The van der Waals surface area contributed by atoms with Crippen LogP contribution in [0.4, 0.5) is 0 Å². The molecule has 0 spiro atoms. The third kappa shape index (κ3) is 2.78. The van der Waals surface area contributed by atoms with Crippen LogP contribution >= 0.6 is 11.8 Å². The molecule has 1 aromatic carbocycles. The molecule has 1 aliphatic rings. The van der Waals surface area contributed by atoms with Crippen LogP contribution in [0.3, 0.4) is 0 Å². The molecule has 1 saturated heterocycles. The second-order valence-electron chi connectivity index (χ2n) is 4.06. The van der Waals surface area contributed by atoms with Gasteiger partial charge in [-0.25, -0.2) is 0 Å². The number of hydrogen-bond acceptors (Lipinski definition) is 3. The molecule has 1 heterocycles. The molecule has 0 N–H and O–H groups in total. The minimum atomic E-state index is 0.372. The first kappa shape index (κ1) is 11.5. The van der Waals surface area contributed by atoms with Crippen molar-refractivity contribution < 1.29 is 4.74 Å². The smallest absolute Gasteiger partial charge is 0.100 e. The maximum absolute atomic E-state index is 9.01. The van der Waals surface area contributed by atoms with Crippen molar-refractivity contribution in [1.82, 2.24) is 0 Å². The van der Waals surface area contributed by atoms with Crippen LogP contribution in [0.25, 0.3) is 0 Å². The van der Waals surface area contributed by atoms with Gasteiger partial charge < -0.3 is 4.74 Å². The van der Waals surface area contributed by atoms with E-state index in [9.17, 15) is 0 Å². The Labute approximate surface area is 101 Å². The molecule has 0 amide bonds. The Kier molecular flexibility index (Phi) is 3.87. The summed E-state index contributed by atoms with van der Waals surface area (Å²) in [6, 6.07) is 8.19. The van der Waals surface area contributed by atoms with Crippen molar-refractivity contribution >= 4 is 11.8 Å². The highest BCUT2D eigenvalue weighted by molar-refractivity contribution is 7.99. The minimum Gasteiger partial charge on any atom is -0.377 e. The van der Waals surface area contributed by atoms with Gasteiger partial charge in [0.2, 0.25) is 0 Å². The molecule has 1 atom stereocenters. The SMILES string of the molecule is Cc1ccc(C#N)c(SCC2CCCO2)c1. The topological polar surface area (TPSA) is 33.0 Å². The predicted molar refractivity (Wildman–Crippen MR) is 65.6 cm³/mol. The van der Waals surface area contributed by atoms with E-state index in [1.54, 1.807) is 11.8 Å². The van der Waals surface area contributed by atoms with Crippen molar-refractivity contribution in [3.63, 3.8) is 0 Å². The number of thioether (sulfide) groups is 1. The summed E-state index contributed by atoms with van der Waals surface area (Å²) < 4.78 is 5.57. The van der Waals surface area contributed by atoms with Crippen LogP contribution in [-0.2, 0) is 4.74 Å². The van der Waals surface area contributed by atoms with Crippen LogP contribution in [0.15, 0.2) is 23.1 Å². The molecule has 0 radical (unpaired) electrons. The van der Waals surface area contributed by atoms with Crippen LogP contribution < -0.4 is 0 Å². The molecule has 0 aromatic heterocycles. The predicted octanol–water partition coefficient (Wildman–Crippen LogP) is 3.14. The first-order valence-electron chi connectivity index (χ1n) is 5.55. The Morgan fingerprint density at radius 3 is 3.12 bits per heavy atom. The third-order valence-corrected chi connectivity index (χ3v) is 3.89. The molecule has 1 aromatic rings. The molecule has 1 fully saturated rings. The highest BCUT2D eigenvalue weighted by Crippen LogP contribution is 2.27. The molecule has 0 bridgehead atoms. The fourth-order valence-corrected chi connectivity index (χ4v) is 2.97. The van der Waals surface area contributed by atoms with Gasteiger partial charge in [-0.3, -0.25) is 0 Å². The second-order valence-corrected chi connectivity index (χ2v) is 5.12. The zero-order valence-electron chi connectivity index (χ0n) is 9.40. The minimum absolute atomic E-state index is 0.372. The molecule has 84 valence electrons. The Morgan fingerprint density at radius 1 is 1.56 bits per heavy atom. The van der Waals surface area contributed by atoms with Gasteiger partial charge in [0, 0.05) is 17.3 Å². The van der Waals surface area contributed by atoms with Crippen molar-refractivity contribution in [1.29, 1.82) is 5.26 Å². The normalized spacial score (nSPS) is 19.6. The lowest BCUT2D eigenvalue weighted by atomic mass is 10.2. The number of hydrogen-bond donors (Lipinski definition) is 0. The van der Waals surface area contributed by atoms with Gasteiger partial charge in [-0.1, -0.05) is 6.07 Å². The lowest BCUT2D eigenvalue weighted by Gasteiger charge is -2.10. The van der Waals surface area contributed by atoms with E-state index in [1.165, 1.54) is 12.0 Å². The van der Waals surface area contributed by atoms with Crippen molar-refractivity contribution in [3.8, 4) is 6.07 Å². The lowest BCUT2D eigenvalue weighted by Crippen LogP contribution is -2.07. The summed E-state index contributed by atoms with van der Waals surface area (Å²) in [5.41, 5.74) is 1.97. The standard InChI is InChI=1S/C13H15NOS/c1-10-4-5-11(8-14)13(7-10)16-9-12-3-2-6-15-12/h4-5,7,12H,2-3,6,9H2,1H3. The van der Waals surface area contributed by atoms with Gasteiger partial charge in [-0.05, 0) is 37.5 Å². The van der Waals surface area contributed by atoms with Crippen LogP contribution in [-0.4, -0.2) is 18.5 Å². The summed E-state index contributed by atoms with van der Waals surface area (Å²) in [5, 5.41) is 9.01. The quantitative estimate of drug-likeness (QED) is 0.752. The molecule has 1 aliphatic heterocycles. The Balaban J connectivity index is 2.02. The van der Waals surface area contributed by atoms with Crippen LogP contribution in [0.1, 0.15) is 24.0 Å². The summed E-state index contributed by atoms with van der Waals surface area (Å²) >= 11 is 1.74. The van der Waals surface area contributed by atoms with E-state index in [0.29, 0.717) is 6.10 Å². The van der Waals surface area contributed by atoms with Gasteiger partial charge in [-0.15, -0.1) is 11.8 Å². The monoisotopic (exact) mass is 233 g/mol.